The number of allylic oxidation sites excluding steroid dienone is 2. The molecule has 4 nitrogen and oxygen atoms in total. The summed E-state index contributed by atoms with van der Waals surface area (Å²) in [6.45, 7) is 14.2. The molecule has 2 aliphatic rings. The highest BCUT2D eigenvalue weighted by Gasteiger charge is 2.41. The fourth-order valence-electron chi connectivity index (χ4n) is 4.48. The van der Waals surface area contributed by atoms with Crippen LogP contribution in [0.3, 0.4) is 0 Å². The average Bonchev–Trinajstić information content (AvgIpc) is 2.58. The summed E-state index contributed by atoms with van der Waals surface area (Å²) in [6, 6.07) is -0.118. The Morgan fingerprint density at radius 3 is 2.65 bits per heavy atom. The van der Waals surface area contributed by atoms with Crippen LogP contribution < -0.4 is 10.6 Å². The van der Waals surface area contributed by atoms with Crippen molar-refractivity contribution in [2.24, 2.45) is 17.3 Å². The lowest BCUT2D eigenvalue weighted by Gasteiger charge is -2.47. The molecule has 0 spiro atoms. The van der Waals surface area contributed by atoms with Crippen LogP contribution in [0.25, 0.3) is 0 Å². The Morgan fingerprint density at radius 2 is 2.12 bits per heavy atom. The predicted octanol–water partition coefficient (Wildman–Crippen LogP) is 3.76. The highest BCUT2D eigenvalue weighted by molar-refractivity contribution is 6.20. The molecule has 0 radical (unpaired) electrons. The molecule has 1 aliphatic carbocycles. The van der Waals surface area contributed by atoms with E-state index in [1.165, 1.54) is 0 Å². The minimum Gasteiger partial charge on any atom is -0.341 e. The molecule has 0 aromatic rings. The third-order valence-corrected chi connectivity index (χ3v) is 6.40. The number of nitrogens with one attached hydrogen (secondary N) is 2. The number of likely N-dealkylation sites (tertiary alicyclic amines) is 1. The molecule has 0 saturated carbocycles. The van der Waals surface area contributed by atoms with Gasteiger partial charge in [-0.15, -0.1) is 11.6 Å². The Bertz CT molecular complexity index is 503. The maximum Gasteiger partial charge on any atom is 0.240 e. The van der Waals surface area contributed by atoms with Gasteiger partial charge in [0.2, 0.25) is 5.91 Å². The van der Waals surface area contributed by atoms with E-state index in [-0.39, 0.29) is 23.3 Å². The molecule has 0 aromatic carbocycles. The van der Waals surface area contributed by atoms with Gasteiger partial charge in [-0.3, -0.25) is 10.1 Å². The van der Waals surface area contributed by atoms with Crippen LogP contribution in [0.15, 0.2) is 11.6 Å². The van der Waals surface area contributed by atoms with Gasteiger partial charge < -0.3 is 10.2 Å². The van der Waals surface area contributed by atoms with Crippen LogP contribution in [0.2, 0.25) is 0 Å². The molecule has 2 rings (SSSR count). The van der Waals surface area contributed by atoms with E-state index in [2.05, 4.69) is 56.2 Å². The molecule has 0 aromatic heterocycles. The summed E-state index contributed by atoms with van der Waals surface area (Å²) in [4.78, 5) is 15.2. The molecule has 2 N–H and O–H groups in total. The number of hydrogen-bond acceptors (Lipinski definition) is 3. The van der Waals surface area contributed by atoms with Crippen molar-refractivity contribution >= 4 is 17.5 Å². The number of piperidine rings is 1. The first kappa shape index (κ1) is 21.7. The highest BCUT2D eigenvalue weighted by atomic mass is 35.5. The van der Waals surface area contributed by atoms with Crippen molar-refractivity contribution in [3.63, 3.8) is 0 Å². The Hall–Kier alpha value is -0.580. The van der Waals surface area contributed by atoms with Gasteiger partial charge in [-0.25, -0.2) is 0 Å². The number of carbonyl (C=O) groups is 1. The Morgan fingerprint density at radius 1 is 1.38 bits per heavy atom. The molecule has 1 amide bonds. The third kappa shape index (κ3) is 5.46. The number of nitrogens with zero attached hydrogens (tertiary/aromatic N) is 1. The van der Waals surface area contributed by atoms with E-state index in [9.17, 15) is 4.79 Å². The molecule has 150 valence electrons. The van der Waals surface area contributed by atoms with Crippen molar-refractivity contribution in [2.45, 2.75) is 71.7 Å². The number of hydrogen-bond donors (Lipinski definition) is 2. The Labute approximate surface area is 165 Å². The average molecular weight is 384 g/mol. The van der Waals surface area contributed by atoms with Crippen molar-refractivity contribution in [2.75, 3.05) is 26.3 Å². The molecule has 1 aliphatic heterocycles. The SMILES string of the molecule is CCNCN[C@@H](C(=O)N1CCC(C2=CCC(Cl)CC2)C(C)(C)C1)C(C)C. The number of alkyl halides is 1. The van der Waals surface area contributed by atoms with Gasteiger partial charge in [0, 0.05) is 25.1 Å². The number of carbonyl (C=O) groups excluding carboxylic acids is 1. The van der Waals surface area contributed by atoms with Gasteiger partial charge in [0.25, 0.3) is 0 Å². The highest BCUT2D eigenvalue weighted by Crippen LogP contribution is 2.43. The quantitative estimate of drug-likeness (QED) is 0.304. The third-order valence-electron chi connectivity index (χ3n) is 6.00. The van der Waals surface area contributed by atoms with Gasteiger partial charge in [0.1, 0.15) is 0 Å². The fraction of sp³-hybridized carbons (Fsp3) is 0.857. The predicted molar refractivity (Wildman–Crippen MR) is 110 cm³/mol. The molecule has 5 heteroatoms. The lowest BCUT2D eigenvalue weighted by atomic mass is 9.68. The molecule has 3 atom stereocenters. The molecule has 26 heavy (non-hydrogen) atoms. The van der Waals surface area contributed by atoms with Gasteiger partial charge in [0.05, 0.1) is 6.04 Å². The minimum atomic E-state index is -0.118. The van der Waals surface area contributed by atoms with Crippen molar-refractivity contribution in [1.29, 1.82) is 0 Å². The van der Waals surface area contributed by atoms with E-state index in [0.29, 0.717) is 18.0 Å². The Kier molecular flexibility index (Phi) is 7.99. The summed E-state index contributed by atoms with van der Waals surface area (Å²) in [7, 11) is 0. The van der Waals surface area contributed by atoms with Gasteiger partial charge in [-0.05, 0) is 49.5 Å². The van der Waals surface area contributed by atoms with Crippen LogP contribution in [0.5, 0.6) is 0 Å². The van der Waals surface area contributed by atoms with E-state index in [1.54, 1.807) is 5.57 Å². The van der Waals surface area contributed by atoms with Crippen molar-refractivity contribution in [3.05, 3.63) is 11.6 Å². The van der Waals surface area contributed by atoms with Crippen molar-refractivity contribution in [1.82, 2.24) is 15.5 Å². The first-order chi connectivity index (χ1) is 12.3. The van der Waals surface area contributed by atoms with Crippen LogP contribution in [0.4, 0.5) is 0 Å². The van der Waals surface area contributed by atoms with E-state index < -0.39 is 0 Å². The minimum absolute atomic E-state index is 0.113. The first-order valence-electron chi connectivity index (χ1n) is 10.3. The number of halogens is 1. The summed E-state index contributed by atoms with van der Waals surface area (Å²) >= 11 is 6.26. The van der Waals surface area contributed by atoms with E-state index in [4.69, 9.17) is 11.6 Å². The van der Waals surface area contributed by atoms with Crippen LogP contribution in [-0.2, 0) is 4.79 Å². The lowest BCUT2D eigenvalue weighted by molar-refractivity contribution is -0.138. The summed E-state index contributed by atoms with van der Waals surface area (Å²) in [5.41, 5.74) is 1.69. The zero-order chi connectivity index (χ0) is 19.3. The maximum absolute atomic E-state index is 13.2. The lowest BCUT2D eigenvalue weighted by Crippen LogP contribution is -2.56. The summed E-state index contributed by atoms with van der Waals surface area (Å²) in [5.74, 6) is 1.11. The molecule has 1 heterocycles. The molecule has 0 bridgehead atoms. The van der Waals surface area contributed by atoms with Gasteiger partial charge in [-0.1, -0.05) is 46.3 Å². The Balaban J connectivity index is 2.01. The van der Waals surface area contributed by atoms with Crippen LogP contribution in [-0.4, -0.2) is 48.5 Å². The monoisotopic (exact) mass is 383 g/mol. The standard InChI is InChI=1S/C21H38ClN3O/c1-6-23-14-24-19(15(2)3)20(26)25-12-11-18(21(4,5)13-25)16-7-9-17(22)10-8-16/h7,15,17-19,23-24H,6,8-14H2,1-5H3/t17?,18?,19-/m1/s1. The maximum atomic E-state index is 13.2. The normalized spacial score (nSPS) is 27.3. The second kappa shape index (κ2) is 9.57. The molecule has 1 fully saturated rings. The topological polar surface area (TPSA) is 44.4 Å². The summed E-state index contributed by atoms with van der Waals surface area (Å²) in [6.07, 6.45) is 6.65. The summed E-state index contributed by atoms with van der Waals surface area (Å²) in [5, 5.41) is 6.96. The summed E-state index contributed by atoms with van der Waals surface area (Å²) < 4.78 is 0. The first-order valence-corrected chi connectivity index (χ1v) is 10.8. The van der Waals surface area contributed by atoms with Crippen molar-refractivity contribution in [3.8, 4) is 0 Å². The second-order valence-electron chi connectivity index (χ2n) is 8.95. The largest absolute Gasteiger partial charge is 0.341 e. The number of rotatable bonds is 7. The van der Waals surface area contributed by atoms with Crippen LogP contribution in [0, 0.1) is 17.3 Å². The van der Waals surface area contributed by atoms with Crippen LogP contribution in [0.1, 0.15) is 60.3 Å². The van der Waals surface area contributed by atoms with Crippen molar-refractivity contribution < 1.29 is 4.79 Å². The van der Waals surface area contributed by atoms with Crippen LogP contribution >= 0.6 is 11.6 Å². The molecular formula is C21H38ClN3O. The fourth-order valence-corrected chi connectivity index (χ4v) is 4.68. The van der Waals surface area contributed by atoms with E-state index >= 15 is 0 Å². The van der Waals surface area contributed by atoms with E-state index in [0.717, 1.165) is 45.3 Å². The van der Waals surface area contributed by atoms with E-state index in [1.807, 2.05) is 0 Å². The molecule has 1 saturated heterocycles. The van der Waals surface area contributed by atoms with Gasteiger partial charge in [0.15, 0.2) is 0 Å². The van der Waals surface area contributed by atoms with Gasteiger partial charge >= 0.3 is 0 Å². The zero-order valence-corrected chi connectivity index (χ0v) is 18.0. The molecule has 2 unspecified atom stereocenters. The second-order valence-corrected chi connectivity index (χ2v) is 9.56. The number of amides is 1. The van der Waals surface area contributed by atoms with Gasteiger partial charge in [-0.2, -0.15) is 0 Å². The smallest absolute Gasteiger partial charge is 0.240 e. The zero-order valence-electron chi connectivity index (χ0n) is 17.3. The molecular weight excluding hydrogens is 346 g/mol.